The number of aromatic nitrogens is 1. The highest BCUT2D eigenvalue weighted by atomic mass is 32.1. The predicted octanol–water partition coefficient (Wildman–Crippen LogP) is 2.49. The van der Waals surface area contributed by atoms with Crippen LogP contribution in [0.15, 0.2) is 42.5 Å². The smallest absolute Gasteiger partial charge is 0.260 e. The number of nitrogens with one attached hydrogen (secondary N) is 1. The molecule has 0 aliphatic carbocycles. The highest BCUT2D eigenvalue weighted by Crippen LogP contribution is 2.29. The standard InChI is InChI=1S/C20H19N3O5S/c24-14-3-6-16-17(11-14)29-20(21-16)22-19(26)13-1-4-15(5-2-13)28-12-18(25)23-7-9-27-10-8-23/h1-6,11,24H,7-10,12H2,(H,21,22,26). The minimum Gasteiger partial charge on any atom is -0.508 e. The Morgan fingerprint density at radius 1 is 1.17 bits per heavy atom. The van der Waals surface area contributed by atoms with Crippen molar-refractivity contribution >= 4 is 38.5 Å². The summed E-state index contributed by atoms with van der Waals surface area (Å²) in [6.45, 7) is 2.19. The summed E-state index contributed by atoms with van der Waals surface area (Å²) < 4.78 is 11.5. The van der Waals surface area contributed by atoms with Crippen LogP contribution in [0.25, 0.3) is 10.2 Å². The zero-order valence-corrected chi connectivity index (χ0v) is 16.3. The van der Waals surface area contributed by atoms with E-state index in [4.69, 9.17) is 9.47 Å². The van der Waals surface area contributed by atoms with Gasteiger partial charge in [0, 0.05) is 18.7 Å². The van der Waals surface area contributed by atoms with Crippen molar-refractivity contribution < 1.29 is 24.2 Å². The number of benzene rings is 2. The van der Waals surface area contributed by atoms with Crippen LogP contribution in [0, 0.1) is 0 Å². The van der Waals surface area contributed by atoms with E-state index >= 15 is 0 Å². The van der Waals surface area contributed by atoms with Crippen LogP contribution in [0.2, 0.25) is 0 Å². The van der Waals surface area contributed by atoms with Gasteiger partial charge in [-0.25, -0.2) is 4.98 Å². The van der Waals surface area contributed by atoms with Crippen LogP contribution in [-0.2, 0) is 9.53 Å². The Kier molecular flexibility index (Phi) is 5.59. The van der Waals surface area contributed by atoms with Crippen molar-refractivity contribution in [1.82, 2.24) is 9.88 Å². The molecule has 1 aliphatic rings. The molecule has 0 radical (unpaired) electrons. The number of morpholine rings is 1. The summed E-state index contributed by atoms with van der Waals surface area (Å²) in [5.41, 5.74) is 1.15. The number of hydrogen-bond acceptors (Lipinski definition) is 7. The number of thiazole rings is 1. The predicted molar refractivity (Wildman–Crippen MR) is 109 cm³/mol. The molecule has 2 heterocycles. The van der Waals surface area contributed by atoms with Gasteiger partial charge in [-0.2, -0.15) is 0 Å². The van der Waals surface area contributed by atoms with Crippen LogP contribution in [0.3, 0.4) is 0 Å². The van der Waals surface area contributed by atoms with E-state index in [1.165, 1.54) is 11.3 Å². The quantitative estimate of drug-likeness (QED) is 0.667. The number of hydrogen-bond donors (Lipinski definition) is 2. The number of carbonyl (C=O) groups excluding carboxylic acids is 2. The van der Waals surface area contributed by atoms with E-state index in [0.29, 0.717) is 48.3 Å². The molecule has 1 fully saturated rings. The Bertz CT molecular complexity index is 1030. The summed E-state index contributed by atoms with van der Waals surface area (Å²) in [7, 11) is 0. The fraction of sp³-hybridized carbons (Fsp3) is 0.250. The van der Waals surface area contributed by atoms with Gasteiger partial charge >= 0.3 is 0 Å². The molecule has 0 saturated carbocycles. The number of anilines is 1. The van der Waals surface area contributed by atoms with Gasteiger partial charge in [0.05, 0.1) is 23.4 Å². The number of fused-ring (bicyclic) bond motifs is 1. The zero-order chi connectivity index (χ0) is 20.2. The van der Waals surface area contributed by atoms with Crippen molar-refractivity contribution in [2.75, 3.05) is 38.2 Å². The molecule has 0 atom stereocenters. The number of phenols is 1. The molecule has 8 nitrogen and oxygen atoms in total. The van der Waals surface area contributed by atoms with E-state index in [-0.39, 0.29) is 24.2 Å². The Balaban J connectivity index is 1.34. The second kappa shape index (κ2) is 8.46. The van der Waals surface area contributed by atoms with Crippen molar-refractivity contribution in [1.29, 1.82) is 0 Å². The molecule has 1 aliphatic heterocycles. The number of phenolic OH excluding ortho intramolecular Hbond substituents is 1. The minimum atomic E-state index is -0.302. The van der Waals surface area contributed by atoms with E-state index in [1.54, 1.807) is 47.4 Å². The van der Waals surface area contributed by atoms with E-state index < -0.39 is 0 Å². The summed E-state index contributed by atoms with van der Waals surface area (Å²) in [6, 6.07) is 11.4. The van der Waals surface area contributed by atoms with Crippen LogP contribution in [0.4, 0.5) is 5.13 Å². The molecule has 1 saturated heterocycles. The molecule has 2 aromatic carbocycles. The highest BCUT2D eigenvalue weighted by Gasteiger charge is 2.17. The fourth-order valence-corrected chi connectivity index (χ4v) is 3.78. The van der Waals surface area contributed by atoms with Crippen LogP contribution in [0.5, 0.6) is 11.5 Å². The van der Waals surface area contributed by atoms with Crippen LogP contribution < -0.4 is 10.1 Å². The van der Waals surface area contributed by atoms with Gasteiger partial charge in [0.1, 0.15) is 11.5 Å². The molecule has 9 heteroatoms. The van der Waals surface area contributed by atoms with Crippen molar-refractivity contribution in [3.8, 4) is 11.5 Å². The number of aromatic hydroxyl groups is 1. The van der Waals surface area contributed by atoms with Crippen molar-refractivity contribution in [2.24, 2.45) is 0 Å². The van der Waals surface area contributed by atoms with Crippen LogP contribution in [-0.4, -0.2) is 59.7 Å². The Hall–Kier alpha value is -3.17. The first-order chi connectivity index (χ1) is 14.1. The second-order valence-corrected chi connectivity index (χ2v) is 7.46. The molecule has 2 amide bonds. The van der Waals surface area contributed by atoms with E-state index in [9.17, 15) is 14.7 Å². The molecular weight excluding hydrogens is 394 g/mol. The van der Waals surface area contributed by atoms with E-state index in [1.807, 2.05) is 0 Å². The number of nitrogens with zero attached hydrogens (tertiary/aromatic N) is 2. The largest absolute Gasteiger partial charge is 0.508 e. The third-order valence-corrected chi connectivity index (χ3v) is 5.37. The first-order valence-electron chi connectivity index (χ1n) is 9.08. The molecule has 150 valence electrons. The molecule has 0 unspecified atom stereocenters. The second-order valence-electron chi connectivity index (χ2n) is 6.43. The van der Waals surface area contributed by atoms with Gasteiger partial charge in [-0.1, -0.05) is 11.3 Å². The number of amides is 2. The van der Waals surface area contributed by atoms with Crippen molar-refractivity contribution in [3.63, 3.8) is 0 Å². The van der Waals surface area contributed by atoms with Gasteiger partial charge in [-0.05, 0) is 42.5 Å². The Morgan fingerprint density at radius 3 is 2.69 bits per heavy atom. The van der Waals surface area contributed by atoms with Gasteiger partial charge in [-0.3, -0.25) is 14.9 Å². The molecule has 0 bridgehead atoms. The lowest BCUT2D eigenvalue weighted by atomic mass is 10.2. The van der Waals surface area contributed by atoms with E-state index in [0.717, 1.165) is 4.70 Å². The minimum absolute atomic E-state index is 0.0515. The highest BCUT2D eigenvalue weighted by molar-refractivity contribution is 7.22. The molecule has 1 aromatic heterocycles. The van der Waals surface area contributed by atoms with Crippen molar-refractivity contribution in [3.05, 3.63) is 48.0 Å². The summed E-state index contributed by atoms with van der Waals surface area (Å²) in [4.78, 5) is 30.6. The van der Waals surface area contributed by atoms with Gasteiger partial charge in [0.2, 0.25) is 0 Å². The monoisotopic (exact) mass is 413 g/mol. The van der Waals surface area contributed by atoms with Gasteiger partial charge in [0.15, 0.2) is 11.7 Å². The lowest BCUT2D eigenvalue weighted by Gasteiger charge is -2.26. The van der Waals surface area contributed by atoms with Gasteiger partial charge in [0.25, 0.3) is 11.8 Å². The maximum absolute atomic E-state index is 12.4. The van der Waals surface area contributed by atoms with Crippen LogP contribution >= 0.6 is 11.3 Å². The maximum Gasteiger partial charge on any atom is 0.260 e. The summed E-state index contributed by atoms with van der Waals surface area (Å²) in [6.07, 6.45) is 0. The zero-order valence-electron chi connectivity index (χ0n) is 15.5. The lowest BCUT2D eigenvalue weighted by molar-refractivity contribution is -0.137. The van der Waals surface area contributed by atoms with Crippen LogP contribution in [0.1, 0.15) is 10.4 Å². The summed E-state index contributed by atoms with van der Waals surface area (Å²) >= 11 is 1.28. The van der Waals surface area contributed by atoms with Gasteiger partial charge < -0.3 is 19.5 Å². The van der Waals surface area contributed by atoms with Gasteiger partial charge in [-0.15, -0.1) is 0 Å². The summed E-state index contributed by atoms with van der Waals surface area (Å²) in [5.74, 6) is 0.279. The van der Waals surface area contributed by atoms with Crippen molar-refractivity contribution in [2.45, 2.75) is 0 Å². The normalized spacial score (nSPS) is 14.0. The Labute approximate surface area is 170 Å². The Morgan fingerprint density at radius 2 is 1.93 bits per heavy atom. The van der Waals surface area contributed by atoms with E-state index in [2.05, 4.69) is 10.3 Å². The number of ether oxygens (including phenoxy) is 2. The third kappa shape index (κ3) is 4.64. The maximum atomic E-state index is 12.4. The first kappa shape index (κ1) is 19.2. The third-order valence-electron chi connectivity index (χ3n) is 4.44. The molecular formula is C20H19N3O5S. The number of carbonyl (C=O) groups is 2. The molecule has 2 N–H and O–H groups in total. The fourth-order valence-electron chi connectivity index (χ4n) is 2.89. The molecule has 29 heavy (non-hydrogen) atoms. The SMILES string of the molecule is O=C(Nc1nc2ccc(O)cc2s1)c1ccc(OCC(=O)N2CCOCC2)cc1. The summed E-state index contributed by atoms with van der Waals surface area (Å²) in [5, 5.41) is 12.7. The first-order valence-corrected chi connectivity index (χ1v) is 9.89. The topological polar surface area (TPSA) is 101 Å². The lowest BCUT2D eigenvalue weighted by Crippen LogP contribution is -2.42. The molecule has 0 spiro atoms. The number of rotatable bonds is 5. The molecule has 3 aromatic rings. The average molecular weight is 413 g/mol. The molecule has 4 rings (SSSR count). The average Bonchev–Trinajstić information content (AvgIpc) is 3.14.